The van der Waals surface area contributed by atoms with Crippen LogP contribution in [0.15, 0.2) is 22.8 Å². The molecule has 1 aromatic heterocycles. The first-order chi connectivity index (χ1) is 14.5. The van der Waals surface area contributed by atoms with Gasteiger partial charge in [-0.25, -0.2) is 0 Å². The van der Waals surface area contributed by atoms with Crippen molar-refractivity contribution in [1.82, 2.24) is 15.1 Å². The van der Waals surface area contributed by atoms with Crippen molar-refractivity contribution in [2.45, 2.75) is 81.8 Å². The fourth-order valence-electron chi connectivity index (χ4n) is 6.68. The van der Waals surface area contributed by atoms with Gasteiger partial charge in [-0.15, -0.1) is 11.8 Å². The van der Waals surface area contributed by atoms with Gasteiger partial charge < -0.3 is 19.5 Å². The number of nitrogens with zero attached hydrogens (tertiary/aromatic N) is 2. The number of nitrogens with one attached hydrogen (secondary N) is 1. The van der Waals surface area contributed by atoms with Gasteiger partial charge in [0.15, 0.2) is 5.76 Å². The molecule has 6 nitrogen and oxygen atoms in total. The van der Waals surface area contributed by atoms with Crippen molar-refractivity contribution in [2.75, 3.05) is 12.4 Å². The van der Waals surface area contributed by atoms with E-state index < -0.39 is 0 Å². The van der Waals surface area contributed by atoms with E-state index >= 15 is 0 Å². The molecule has 2 saturated carbocycles. The Balaban J connectivity index is 1.37. The smallest absolute Gasteiger partial charge is 0.289 e. The fourth-order valence-corrected chi connectivity index (χ4v) is 7.95. The molecule has 1 aromatic rings. The van der Waals surface area contributed by atoms with Gasteiger partial charge in [0, 0.05) is 36.7 Å². The summed E-state index contributed by atoms with van der Waals surface area (Å²) in [7, 11) is 0. The molecule has 3 heterocycles. The van der Waals surface area contributed by atoms with E-state index in [0.29, 0.717) is 24.3 Å². The van der Waals surface area contributed by atoms with Crippen LogP contribution in [0, 0.1) is 11.8 Å². The normalized spacial score (nSPS) is 38.8. The number of hydrogen-bond donors (Lipinski definition) is 1. The maximum Gasteiger partial charge on any atom is 0.289 e. The van der Waals surface area contributed by atoms with E-state index in [1.165, 1.54) is 19.3 Å². The minimum Gasteiger partial charge on any atom is -0.459 e. The Morgan fingerprint density at radius 1 is 1.13 bits per heavy atom. The average molecular weight is 432 g/mol. The summed E-state index contributed by atoms with van der Waals surface area (Å²) in [5, 5.41) is 4.48. The number of hydrogen-bond acceptors (Lipinski definition) is 5. The van der Waals surface area contributed by atoms with E-state index in [4.69, 9.17) is 4.42 Å². The number of fused-ring (bicyclic) bond motifs is 2. The van der Waals surface area contributed by atoms with Crippen molar-refractivity contribution < 1.29 is 14.0 Å². The zero-order valence-electron chi connectivity index (χ0n) is 18.0. The van der Waals surface area contributed by atoms with Crippen molar-refractivity contribution in [3.63, 3.8) is 0 Å². The molecule has 30 heavy (non-hydrogen) atoms. The number of rotatable bonds is 2. The molecule has 7 atom stereocenters. The summed E-state index contributed by atoms with van der Waals surface area (Å²) < 4.78 is 5.45. The highest BCUT2D eigenvalue weighted by molar-refractivity contribution is 8.00. The molecule has 2 amide bonds. The van der Waals surface area contributed by atoms with E-state index in [-0.39, 0.29) is 29.9 Å². The van der Waals surface area contributed by atoms with Gasteiger partial charge in [-0.2, -0.15) is 0 Å². The highest BCUT2D eigenvalue weighted by Gasteiger charge is 2.48. The van der Waals surface area contributed by atoms with Crippen LogP contribution in [0.2, 0.25) is 0 Å². The van der Waals surface area contributed by atoms with E-state index in [0.717, 1.165) is 36.3 Å². The summed E-state index contributed by atoms with van der Waals surface area (Å²) in [6.07, 6.45) is 8.60. The first-order valence-electron chi connectivity index (χ1n) is 11.5. The van der Waals surface area contributed by atoms with Gasteiger partial charge in [0.25, 0.3) is 5.91 Å². The molecular weight excluding hydrogens is 398 g/mol. The van der Waals surface area contributed by atoms with E-state index in [1.54, 1.807) is 25.3 Å². The molecule has 5 rings (SSSR count). The van der Waals surface area contributed by atoms with E-state index in [1.807, 2.05) is 4.90 Å². The van der Waals surface area contributed by atoms with Gasteiger partial charge in [0.2, 0.25) is 5.91 Å². The summed E-state index contributed by atoms with van der Waals surface area (Å²) in [6.45, 7) is 4.33. The lowest BCUT2D eigenvalue weighted by Crippen LogP contribution is -2.67. The maximum absolute atomic E-state index is 13.3. The second-order valence-electron chi connectivity index (χ2n) is 9.65. The number of piperazine rings is 1. The summed E-state index contributed by atoms with van der Waals surface area (Å²) in [5.41, 5.74) is 0. The largest absolute Gasteiger partial charge is 0.459 e. The molecule has 0 bridgehead atoms. The van der Waals surface area contributed by atoms with Crippen molar-refractivity contribution in [3.8, 4) is 0 Å². The SMILES string of the molecule is CC(=O)N1C2CCC(C3CCC4SCNC4C3)CC2N(C(=O)c2ccco2)C[C@@H]1C. The minimum absolute atomic E-state index is 0.0248. The van der Waals surface area contributed by atoms with Crippen LogP contribution in [0.3, 0.4) is 0 Å². The number of furan rings is 1. The maximum atomic E-state index is 13.3. The third-order valence-corrected chi connectivity index (χ3v) is 9.33. The summed E-state index contributed by atoms with van der Waals surface area (Å²) in [6, 6.07) is 4.43. The van der Waals surface area contributed by atoms with Crippen molar-refractivity contribution in [1.29, 1.82) is 0 Å². The van der Waals surface area contributed by atoms with Crippen LogP contribution in [0.5, 0.6) is 0 Å². The molecule has 4 aliphatic rings. The fraction of sp³-hybridized carbons (Fsp3) is 0.739. The third kappa shape index (κ3) is 3.58. The monoisotopic (exact) mass is 431 g/mol. The standard InChI is InChI=1S/C23H33N3O3S/c1-14-12-25(23(28)21-4-3-9-29-21)20-11-17(5-7-19(20)26(14)15(2)27)16-6-8-22-18(10-16)24-13-30-22/h3-4,9,14,16-20,22,24H,5-8,10-13H2,1-2H3/t14-,16?,17?,18?,19?,20?,22?/m0/s1. The quantitative estimate of drug-likeness (QED) is 0.778. The molecule has 0 radical (unpaired) electrons. The minimum atomic E-state index is -0.0248. The van der Waals surface area contributed by atoms with Gasteiger partial charge in [-0.3, -0.25) is 9.59 Å². The Kier molecular flexibility index (Phi) is 5.60. The van der Waals surface area contributed by atoms with Gasteiger partial charge in [-0.1, -0.05) is 0 Å². The predicted molar refractivity (Wildman–Crippen MR) is 117 cm³/mol. The Morgan fingerprint density at radius 3 is 2.70 bits per heavy atom. The third-order valence-electron chi connectivity index (χ3n) is 8.01. The number of carbonyl (C=O) groups is 2. The van der Waals surface area contributed by atoms with Crippen LogP contribution in [-0.2, 0) is 4.79 Å². The van der Waals surface area contributed by atoms with Crippen LogP contribution in [0.25, 0.3) is 0 Å². The second kappa shape index (κ2) is 8.23. The summed E-state index contributed by atoms with van der Waals surface area (Å²) >= 11 is 2.08. The van der Waals surface area contributed by atoms with Gasteiger partial charge >= 0.3 is 0 Å². The van der Waals surface area contributed by atoms with Crippen LogP contribution in [-0.4, -0.2) is 63.5 Å². The van der Waals surface area contributed by atoms with E-state index in [2.05, 4.69) is 28.9 Å². The Morgan fingerprint density at radius 2 is 1.93 bits per heavy atom. The predicted octanol–water partition coefficient (Wildman–Crippen LogP) is 3.34. The topological polar surface area (TPSA) is 65.8 Å². The van der Waals surface area contributed by atoms with Crippen molar-refractivity contribution >= 4 is 23.6 Å². The molecule has 0 aromatic carbocycles. The summed E-state index contributed by atoms with van der Waals surface area (Å²) in [5.74, 6) is 2.97. The van der Waals surface area contributed by atoms with Gasteiger partial charge in [-0.05, 0) is 69.4 Å². The number of amides is 2. The first-order valence-corrected chi connectivity index (χ1v) is 12.6. The zero-order chi connectivity index (χ0) is 20.8. The van der Waals surface area contributed by atoms with Crippen molar-refractivity contribution in [3.05, 3.63) is 24.2 Å². The zero-order valence-corrected chi connectivity index (χ0v) is 18.8. The molecule has 0 spiro atoms. The molecule has 2 saturated heterocycles. The number of thioether (sulfide) groups is 1. The van der Waals surface area contributed by atoms with Crippen LogP contribution < -0.4 is 5.32 Å². The molecule has 1 N–H and O–H groups in total. The van der Waals surface area contributed by atoms with Crippen molar-refractivity contribution in [2.24, 2.45) is 11.8 Å². The lowest BCUT2D eigenvalue weighted by Gasteiger charge is -2.55. The van der Waals surface area contributed by atoms with Crippen LogP contribution in [0.1, 0.15) is 62.9 Å². The van der Waals surface area contributed by atoms with E-state index in [9.17, 15) is 9.59 Å². The Bertz CT molecular complexity index is 785. The number of carbonyl (C=O) groups excluding carboxylic acids is 2. The summed E-state index contributed by atoms with van der Waals surface area (Å²) in [4.78, 5) is 29.8. The molecular formula is C23H33N3O3S. The second-order valence-corrected chi connectivity index (χ2v) is 10.9. The molecule has 7 heteroatoms. The first kappa shape index (κ1) is 20.4. The molecule has 6 unspecified atom stereocenters. The Labute approximate surface area is 183 Å². The molecule has 2 aliphatic heterocycles. The molecule has 4 fully saturated rings. The van der Waals surface area contributed by atoms with Gasteiger partial charge in [0.1, 0.15) is 0 Å². The lowest BCUT2D eigenvalue weighted by atomic mass is 9.68. The Hall–Kier alpha value is -1.47. The van der Waals surface area contributed by atoms with Crippen LogP contribution >= 0.6 is 11.8 Å². The van der Waals surface area contributed by atoms with Crippen LogP contribution in [0.4, 0.5) is 0 Å². The highest BCUT2D eigenvalue weighted by Crippen LogP contribution is 2.45. The van der Waals surface area contributed by atoms with Gasteiger partial charge in [0.05, 0.1) is 18.3 Å². The molecule has 164 valence electrons. The average Bonchev–Trinajstić information content (AvgIpc) is 3.43. The lowest BCUT2D eigenvalue weighted by molar-refractivity contribution is -0.142. The molecule has 2 aliphatic carbocycles. The highest BCUT2D eigenvalue weighted by atomic mass is 32.2.